The summed E-state index contributed by atoms with van der Waals surface area (Å²) in [6.07, 6.45) is 0. The second kappa shape index (κ2) is 44.1. The van der Waals surface area contributed by atoms with Crippen LogP contribution >= 0.6 is 0 Å². The van der Waals surface area contributed by atoms with Crippen LogP contribution in [0, 0.1) is 0 Å². The molecular formula is C8H30F9N+2. The summed E-state index contributed by atoms with van der Waals surface area (Å²) in [6, 6.07) is 0. The van der Waals surface area contributed by atoms with Gasteiger partial charge < -0.3 is 4.48 Å². The Hall–Kier alpha value is -0.670. The van der Waals surface area contributed by atoms with Crippen molar-refractivity contribution in [2.24, 2.45) is 0 Å². The molecule has 0 aliphatic rings. The fourth-order valence-electron chi connectivity index (χ4n) is 1.34. The van der Waals surface area contributed by atoms with E-state index in [1.807, 2.05) is 0 Å². The van der Waals surface area contributed by atoms with Gasteiger partial charge in [0.2, 0.25) is 0 Å². The molecule has 0 heterocycles. The largest absolute Gasteiger partial charge is 1.00 e. The van der Waals surface area contributed by atoms with Crippen molar-refractivity contribution in [2.75, 3.05) is 26.2 Å². The Kier molecular flexibility index (Phi) is 211. The predicted octanol–water partition coefficient (Wildman–Crippen LogP) is 3.37. The molecule has 0 radical (unpaired) electrons. The van der Waals surface area contributed by atoms with Gasteiger partial charge in [0.25, 0.3) is 0 Å². The number of quaternary nitrogens is 1. The molecule has 0 saturated heterocycles. The average Bonchev–Trinajstić information content (AvgIpc) is 1.95. The summed E-state index contributed by atoms with van der Waals surface area (Å²) in [5, 5.41) is 0. The second-order valence-electron chi connectivity index (χ2n) is 2.61. The van der Waals surface area contributed by atoms with Gasteiger partial charge in [-0.15, -0.1) is 0 Å². The highest BCUT2D eigenvalue weighted by Crippen LogP contribution is 2.03. The molecule has 1 nitrogen and oxygen atoms in total. The molecule has 0 amide bonds. The molecule has 0 spiro atoms. The van der Waals surface area contributed by atoms with E-state index < -0.39 is 0 Å². The first kappa shape index (κ1) is 86.0. The third-order valence-corrected chi connectivity index (χ3v) is 2.68. The van der Waals surface area contributed by atoms with Gasteiger partial charge in [0.15, 0.2) is 0 Å². The summed E-state index contributed by atoms with van der Waals surface area (Å²) < 4.78 is 1.28. The molecule has 0 fully saturated rings. The van der Waals surface area contributed by atoms with Crippen LogP contribution in [0.25, 0.3) is 0 Å². The fraction of sp³-hybridized carbons (Fsp3) is 1.00. The van der Waals surface area contributed by atoms with Gasteiger partial charge in [-0.25, -0.2) is 0 Å². The lowest BCUT2D eigenvalue weighted by molar-refractivity contribution is -0.921. The van der Waals surface area contributed by atoms with E-state index in [1.165, 1.54) is 30.7 Å². The van der Waals surface area contributed by atoms with E-state index in [0.29, 0.717) is 0 Å². The molecule has 0 N–H and O–H groups in total. The molecule has 0 aromatic heterocycles. The standard InChI is InChI=1S/C8H20N.9FH/c1-5-9(6-2,7-3)8-4;;;;;;;;;/h5-8H2,1-4H3;9*1H/q+1;;;;;;;;;/p+1. The Morgan fingerprint density at radius 1 is 0.444 bits per heavy atom. The highest BCUT2D eigenvalue weighted by atomic mass is 19.0. The zero-order valence-electron chi connectivity index (χ0n) is 11.9. The Labute approximate surface area is 103 Å². The molecule has 10 heteroatoms. The maximum Gasteiger partial charge on any atom is 1.00 e. The van der Waals surface area contributed by atoms with Crippen LogP contribution in [0.5, 0.6) is 0 Å². The van der Waals surface area contributed by atoms with Gasteiger partial charge in [-0.1, -0.05) is 0 Å². The minimum atomic E-state index is 0. The van der Waals surface area contributed by atoms with Crippen molar-refractivity contribution in [3.05, 3.63) is 0 Å². The van der Waals surface area contributed by atoms with Crippen LogP contribution in [0.15, 0.2) is 0 Å². The first-order chi connectivity index (χ1) is 4.24. The summed E-state index contributed by atoms with van der Waals surface area (Å²) in [4.78, 5) is 0. The van der Waals surface area contributed by atoms with E-state index in [4.69, 9.17) is 0 Å². The van der Waals surface area contributed by atoms with Crippen molar-refractivity contribution in [1.82, 2.24) is 0 Å². The monoisotopic (exact) mass is 311 g/mol. The minimum Gasteiger partial charge on any atom is -0.325 e. The first-order valence-corrected chi connectivity index (χ1v) is 4.09. The molecule has 0 bridgehead atoms. The quantitative estimate of drug-likeness (QED) is 0.552. The molecule has 128 valence electrons. The Morgan fingerprint density at radius 2 is 0.556 bits per heavy atom. The summed E-state index contributed by atoms with van der Waals surface area (Å²) in [6.45, 7) is 14.2. The molecule has 0 aromatic rings. The van der Waals surface area contributed by atoms with E-state index >= 15 is 0 Å². The van der Waals surface area contributed by atoms with Gasteiger partial charge in [0, 0.05) is 0 Å². The van der Waals surface area contributed by atoms with Gasteiger partial charge in [0.05, 0.1) is 26.2 Å². The lowest BCUT2D eigenvalue weighted by Gasteiger charge is -2.34. The molecule has 0 aromatic carbocycles. The smallest absolute Gasteiger partial charge is 0.325 e. The molecule has 0 unspecified atom stereocenters. The summed E-state index contributed by atoms with van der Waals surface area (Å²) >= 11 is 0. The van der Waals surface area contributed by atoms with E-state index in [2.05, 4.69) is 27.7 Å². The van der Waals surface area contributed by atoms with Crippen LogP contribution in [0.1, 0.15) is 29.1 Å². The van der Waals surface area contributed by atoms with Crippen molar-refractivity contribution in [2.45, 2.75) is 27.7 Å². The zero-order valence-corrected chi connectivity index (χ0v) is 10.9. The van der Waals surface area contributed by atoms with Gasteiger partial charge in [-0.3, -0.25) is 42.3 Å². The zero-order chi connectivity index (χ0) is 7.33. The SMILES string of the molecule is CC[N+](CC)(CC)CC.F.F.F.F.F.F.F.F.F.[H+]. The number of halogens is 9. The third-order valence-electron chi connectivity index (χ3n) is 2.68. The molecule has 0 aliphatic carbocycles. The normalized spacial score (nSPS) is 6.00. The van der Waals surface area contributed by atoms with E-state index in [1.54, 1.807) is 0 Å². The number of nitrogens with zero attached hydrogens (tertiary/aromatic N) is 1. The summed E-state index contributed by atoms with van der Waals surface area (Å²) in [7, 11) is 0. The number of hydrogen-bond acceptors (Lipinski definition) is 0. The highest BCUT2D eigenvalue weighted by molar-refractivity contribution is 4.31. The molecule has 18 heavy (non-hydrogen) atoms. The predicted molar refractivity (Wildman–Crippen MR) is 66.1 cm³/mol. The number of rotatable bonds is 4. The minimum absolute atomic E-state index is 0. The first-order valence-electron chi connectivity index (χ1n) is 4.09. The topological polar surface area (TPSA) is 0 Å². The average molecular weight is 311 g/mol. The van der Waals surface area contributed by atoms with Crippen molar-refractivity contribution in [3.8, 4) is 0 Å². The molecule has 0 atom stereocenters. The summed E-state index contributed by atoms with van der Waals surface area (Å²) in [5.41, 5.74) is 0. The Balaban J connectivity index is -0.00000000711. The van der Waals surface area contributed by atoms with Gasteiger partial charge in [-0.05, 0) is 27.7 Å². The van der Waals surface area contributed by atoms with Gasteiger partial charge in [-0.2, -0.15) is 0 Å². The molecular weight excluding hydrogens is 281 g/mol. The van der Waals surface area contributed by atoms with Crippen molar-refractivity contribution in [1.29, 1.82) is 0 Å². The van der Waals surface area contributed by atoms with Gasteiger partial charge >= 0.3 is 1.43 Å². The van der Waals surface area contributed by atoms with Crippen LogP contribution < -0.4 is 0 Å². The Morgan fingerprint density at radius 3 is 0.556 bits per heavy atom. The lowest BCUT2D eigenvalue weighted by atomic mass is 10.3. The van der Waals surface area contributed by atoms with Crippen LogP contribution in [0.4, 0.5) is 42.3 Å². The maximum absolute atomic E-state index is 2.27. The van der Waals surface area contributed by atoms with Crippen LogP contribution in [-0.4, -0.2) is 30.7 Å². The number of hydrogen-bond donors (Lipinski definition) is 0. The van der Waals surface area contributed by atoms with Crippen LogP contribution in [0.2, 0.25) is 0 Å². The molecule has 0 saturated carbocycles. The van der Waals surface area contributed by atoms with E-state index in [-0.39, 0.29) is 43.8 Å². The van der Waals surface area contributed by atoms with Crippen LogP contribution in [-0.2, 0) is 0 Å². The Bertz CT molecular complexity index is 71.1. The summed E-state index contributed by atoms with van der Waals surface area (Å²) in [5.74, 6) is 0. The van der Waals surface area contributed by atoms with E-state index in [0.717, 1.165) is 0 Å². The lowest BCUT2D eigenvalue weighted by Crippen LogP contribution is -2.47. The van der Waals surface area contributed by atoms with Crippen molar-refractivity contribution < 1.29 is 48.2 Å². The fourth-order valence-corrected chi connectivity index (χ4v) is 1.34. The van der Waals surface area contributed by atoms with Crippen molar-refractivity contribution in [3.63, 3.8) is 0 Å². The van der Waals surface area contributed by atoms with Crippen LogP contribution in [0.3, 0.4) is 0 Å². The second-order valence-corrected chi connectivity index (χ2v) is 2.61. The highest BCUT2D eigenvalue weighted by Gasteiger charge is 2.16. The third kappa shape index (κ3) is 24.5. The maximum atomic E-state index is 2.27. The van der Waals surface area contributed by atoms with Crippen molar-refractivity contribution >= 4 is 0 Å². The van der Waals surface area contributed by atoms with Gasteiger partial charge in [0.1, 0.15) is 0 Å². The van der Waals surface area contributed by atoms with E-state index in [9.17, 15) is 0 Å². The molecule has 0 aliphatic heterocycles. The molecule has 0 rings (SSSR count).